The fraction of sp³-hybridized carbons (Fsp3) is 1.00. The summed E-state index contributed by atoms with van der Waals surface area (Å²) in [5, 5.41) is 9.32. The lowest BCUT2D eigenvalue weighted by atomic mass is 9.85. The van der Waals surface area contributed by atoms with Crippen molar-refractivity contribution in [3.63, 3.8) is 0 Å². The van der Waals surface area contributed by atoms with Gasteiger partial charge >= 0.3 is 0 Å². The van der Waals surface area contributed by atoms with Gasteiger partial charge in [-0.3, -0.25) is 4.90 Å². The molecule has 1 N–H and O–H groups in total. The molecule has 2 atom stereocenters. The second-order valence-electron chi connectivity index (χ2n) is 3.52. The Hall–Kier alpha value is -0.120. The van der Waals surface area contributed by atoms with Crippen molar-refractivity contribution >= 4 is 0 Å². The van der Waals surface area contributed by atoms with E-state index in [2.05, 4.69) is 4.90 Å². The first-order chi connectivity index (χ1) is 5.31. The predicted molar refractivity (Wildman–Crippen MR) is 41.4 cm³/mol. The molecule has 2 aliphatic rings. The van der Waals surface area contributed by atoms with Crippen LogP contribution in [0.1, 0.15) is 12.8 Å². The van der Waals surface area contributed by atoms with Gasteiger partial charge in [-0.05, 0) is 12.8 Å². The van der Waals surface area contributed by atoms with Crippen molar-refractivity contribution in [1.29, 1.82) is 0 Å². The lowest BCUT2D eigenvalue weighted by Gasteiger charge is -2.49. The first-order valence-corrected chi connectivity index (χ1v) is 4.26. The molecule has 1 saturated carbocycles. The van der Waals surface area contributed by atoms with Gasteiger partial charge in [-0.25, -0.2) is 0 Å². The zero-order valence-electron chi connectivity index (χ0n) is 6.86. The lowest BCUT2D eigenvalue weighted by molar-refractivity contribution is -0.108. The molecule has 0 spiro atoms. The van der Waals surface area contributed by atoms with Crippen molar-refractivity contribution in [2.75, 3.05) is 20.2 Å². The van der Waals surface area contributed by atoms with E-state index in [1.54, 1.807) is 7.11 Å². The highest BCUT2D eigenvalue weighted by Gasteiger charge is 2.40. The third kappa shape index (κ3) is 1.17. The van der Waals surface area contributed by atoms with Crippen molar-refractivity contribution < 1.29 is 9.84 Å². The van der Waals surface area contributed by atoms with Gasteiger partial charge in [0.1, 0.15) is 0 Å². The number of ether oxygens (including phenoxy) is 1. The summed E-state index contributed by atoms with van der Waals surface area (Å²) in [6.45, 7) is 2.02. The van der Waals surface area contributed by atoms with Crippen LogP contribution in [0.25, 0.3) is 0 Å². The second kappa shape index (κ2) is 2.73. The maximum Gasteiger partial charge on any atom is 0.0825 e. The smallest absolute Gasteiger partial charge is 0.0825 e. The molecular formula is C8H15NO2. The van der Waals surface area contributed by atoms with Gasteiger partial charge in [-0.1, -0.05) is 0 Å². The average molecular weight is 157 g/mol. The van der Waals surface area contributed by atoms with Crippen LogP contribution in [0.3, 0.4) is 0 Å². The van der Waals surface area contributed by atoms with E-state index in [9.17, 15) is 5.11 Å². The maximum atomic E-state index is 9.32. The van der Waals surface area contributed by atoms with Gasteiger partial charge in [0.15, 0.2) is 0 Å². The van der Waals surface area contributed by atoms with E-state index in [1.807, 2.05) is 0 Å². The summed E-state index contributed by atoms with van der Waals surface area (Å²) in [4.78, 5) is 2.31. The van der Waals surface area contributed by atoms with Crippen LogP contribution in [0.15, 0.2) is 0 Å². The monoisotopic (exact) mass is 157 g/mol. The van der Waals surface area contributed by atoms with Crippen molar-refractivity contribution in [2.45, 2.75) is 31.1 Å². The Morgan fingerprint density at radius 3 is 2.45 bits per heavy atom. The van der Waals surface area contributed by atoms with Crippen LogP contribution in [0.2, 0.25) is 0 Å². The zero-order chi connectivity index (χ0) is 7.84. The highest BCUT2D eigenvalue weighted by molar-refractivity contribution is 4.95. The minimum Gasteiger partial charge on any atom is -0.391 e. The standard InChI is InChI=1S/C8H15NO2/c1-11-6-4-9(5-6)7-2-3-8(7)10/h6-8,10H,2-5H2,1H3. The molecular weight excluding hydrogens is 142 g/mol. The fourth-order valence-electron chi connectivity index (χ4n) is 1.78. The molecule has 0 amide bonds. The molecule has 1 aliphatic carbocycles. The summed E-state index contributed by atoms with van der Waals surface area (Å²) in [7, 11) is 1.75. The molecule has 1 saturated heterocycles. The summed E-state index contributed by atoms with van der Waals surface area (Å²) in [6.07, 6.45) is 2.51. The van der Waals surface area contributed by atoms with Crippen LogP contribution in [-0.2, 0) is 4.74 Å². The SMILES string of the molecule is COC1CN(C2CCC2O)C1. The average Bonchev–Trinajstić information content (AvgIpc) is 1.92. The van der Waals surface area contributed by atoms with Crippen LogP contribution in [-0.4, -0.2) is 48.5 Å². The molecule has 2 rings (SSSR count). The molecule has 0 aromatic heterocycles. The van der Waals surface area contributed by atoms with Crippen LogP contribution >= 0.6 is 0 Å². The van der Waals surface area contributed by atoms with Crippen LogP contribution in [0.4, 0.5) is 0 Å². The van der Waals surface area contributed by atoms with Crippen molar-refractivity contribution in [2.24, 2.45) is 0 Å². The van der Waals surface area contributed by atoms with E-state index in [0.717, 1.165) is 25.9 Å². The number of likely N-dealkylation sites (tertiary alicyclic amines) is 1. The quantitative estimate of drug-likeness (QED) is 0.604. The number of nitrogens with zero attached hydrogens (tertiary/aromatic N) is 1. The van der Waals surface area contributed by atoms with E-state index in [4.69, 9.17) is 4.74 Å². The van der Waals surface area contributed by atoms with Gasteiger partial charge in [0, 0.05) is 26.2 Å². The molecule has 64 valence electrons. The lowest BCUT2D eigenvalue weighted by Crippen LogP contribution is -2.62. The molecule has 11 heavy (non-hydrogen) atoms. The van der Waals surface area contributed by atoms with Gasteiger partial charge in [-0.2, -0.15) is 0 Å². The van der Waals surface area contributed by atoms with E-state index >= 15 is 0 Å². The zero-order valence-corrected chi connectivity index (χ0v) is 6.86. The van der Waals surface area contributed by atoms with E-state index in [-0.39, 0.29) is 6.10 Å². The first kappa shape index (κ1) is 7.53. The Balaban J connectivity index is 1.74. The van der Waals surface area contributed by atoms with Crippen LogP contribution in [0, 0.1) is 0 Å². The van der Waals surface area contributed by atoms with Crippen LogP contribution < -0.4 is 0 Å². The molecule has 3 nitrogen and oxygen atoms in total. The minimum atomic E-state index is -0.0622. The molecule has 0 bridgehead atoms. The largest absolute Gasteiger partial charge is 0.391 e. The number of hydrogen-bond acceptors (Lipinski definition) is 3. The summed E-state index contributed by atoms with van der Waals surface area (Å²) in [5.41, 5.74) is 0. The van der Waals surface area contributed by atoms with E-state index < -0.39 is 0 Å². The topological polar surface area (TPSA) is 32.7 Å². The van der Waals surface area contributed by atoms with Crippen LogP contribution in [0.5, 0.6) is 0 Å². The fourth-order valence-corrected chi connectivity index (χ4v) is 1.78. The Kier molecular flexibility index (Phi) is 1.87. The second-order valence-corrected chi connectivity index (χ2v) is 3.52. The number of aliphatic hydroxyl groups excluding tert-OH is 1. The highest BCUT2D eigenvalue weighted by atomic mass is 16.5. The summed E-state index contributed by atoms with van der Waals surface area (Å²) >= 11 is 0. The number of aliphatic hydroxyl groups is 1. The Labute approximate surface area is 66.9 Å². The van der Waals surface area contributed by atoms with Crippen molar-refractivity contribution in [1.82, 2.24) is 4.90 Å². The molecule has 2 unspecified atom stereocenters. The molecule has 0 radical (unpaired) electrons. The Morgan fingerprint density at radius 2 is 2.09 bits per heavy atom. The summed E-state index contributed by atoms with van der Waals surface area (Å²) in [5.74, 6) is 0. The summed E-state index contributed by atoms with van der Waals surface area (Å²) < 4.78 is 5.15. The number of rotatable bonds is 2. The molecule has 2 fully saturated rings. The normalized spacial score (nSPS) is 39.8. The molecule has 3 heteroatoms. The first-order valence-electron chi connectivity index (χ1n) is 4.26. The third-order valence-corrected chi connectivity index (χ3v) is 2.88. The highest BCUT2D eigenvalue weighted by Crippen LogP contribution is 2.29. The Morgan fingerprint density at radius 1 is 1.36 bits per heavy atom. The predicted octanol–water partition coefficient (Wildman–Crippen LogP) is -0.160. The minimum absolute atomic E-state index is 0.0622. The van der Waals surface area contributed by atoms with Gasteiger partial charge in [0.25, 0.3) is 0 Å². The van der Waals surface area contributed by atoms with E-state index in [0.29, 0.717) is 12.1 Å². The van der Waals surface area contributed by atoms with Gasteiger partial charge < -0.3 is 9.84 Å². The van der Waals surface area contributed by atoms with E-state index in [1.165, 1.54) is 0 Å². The van der Waals surface area contributed by atoms with Gasteiger partial charge in [0.05, 0.1) is 12.2 Å². The molecule has 1 heterocycles. The number of hydrogen-bond donors (Lipinski definition) is 1. The Bertz CT molecular complexity index is 145. The molecule has 1 aliphatic heterocycles. The maximum absolute atomic E-state index is 9.32. The van der Waals surface area contributed by atoms with Gasteiger partial charge in [-0.15, -0.1) is 0 Å². The summed E-state index contributed by atoms with van der Waals surface area (Å²) in [6, 6.07) is 0.446. The van der Waals surface area contributed by atoms with Crippen molar-refractivity contribution in [3.8, 4) is 0 Å². The van der Waals surface area contributed by atoms with Gasteiger partial charge in [0.2, 0.25) is 0 Å². The van der Waals surface area contributed by atoms with Crippen molar-refractivity contribution in [3.05, 3.63) is 0 Å². The molecule has 0 aromatic rings. The third-order valence-electron chi connectivity index (χ3n) is 2.88. The number of methoxy groups -OCH3 is 1. The molecule has 0 aromatic carbocycles.